The van der Waals surface area contributed by atoms with Crippen molar-refractivity contribution in [2.75, 3.05) is 45.9 Å². The van der Waals surface area contributed by atoms with Gasteiger partial charge in [0.25, 0.3) is 0 Å². The average Bonchev–Trinajstić information content (AvgIpc) is 2.97. The number of rotatable bonds is 13. The van der Waals surface area contributed by atoms with Gasteiger partial charge in [-0.1, -0.05) is 54.6 Å². The van der Waals surface area contributed by atoms with Crippen LogP contribution < -0.4 is 0 Å². The molecule has 1 fully saturated rings. The third-order valence-electron chi connectivity index (χ3n) is 6.84. The molecule has 0 bridgehead atoms. The molecule has 9 heteroatoms. The van der Waals surface area contributed by atoms with Gasteiger partial charge in [-0.2, -0.15) is 0 Å². The highest BCUT2D eigenvalue weighted by Crippen LogP contribution is 2.26. The van der Waals surface area contributed by atoms with Gasteiger partial charge in [0.05, 0.1) is 19.4 Å². The summed E-state index contributed by atoms with van der Waals surface area (Å²) in [5.74, 6) is -2.71. The van der Waals surface area contributed by atoms with Crippen molar-refractivity contribution in [1.29, 1.82) is 0 Å². The Morgan fingerprint density at radius 3 is 1.63 bits per heavy atom. The molecular weight excluding hydrogens is 530 g/mol. The average molecular weight is 569 g/mol. The first-order valence-corrected chi connectivity index (χ1v) is 13.8. The van der Waals surface area contributed by atoms with E-state index in [0.717, 1.165) is 56.8 Å². The molecule has 0 unspecified atom stereocenters. The largest absolute Gasteiger partial charge is 0.481 e. The normalized spacial score (nSPS) is 13.9. The van der Waals surface area contributed by atoms with Crippen molar-refractivity contribution in [3.05, 3.63) is 107 Å². The fourth-order valence-electron chi connectivity index (χ4n) is 4.56. The lowest BCUT2D eigenvalue weighted by Gasteiger charge is -2.35. The number of ether oxygens (including phenoxy) is 1. The van der Waals surface area contributed by atoms with Crippen LogP contribution in [0.1, 0.15) is 42.1 Å². The molecule has 0 atom stereocenters. The third-order valence-corrected chi connectivity index (χ3v) is 6.84. The highest BCUT2D eigenvalue weighted by atomic mass is 19.1. The van der Waals surface area contributed by atoms with E-state index in [1.165, 1.54) is 36.2 Å². The van der Waals surface area contributed by atoms with Crippen molar-refractivity contribution in [3.8, 4) is 0 Å². The molecule has 0 aliphatic carbocycles. The number of carboxylic acids is 2. The molecule has 2 N–H and O–H groups in total. The standard InChI is InChI=1S/C28H32F2N2O.C4H6O4/c29-26-12-8-24(9-13-26)28(25-10-14-27(30)15-11-25)33-22-21-32-19-17-31(18-20-32)16-4-7-23-5-2-1-3-6-23;5-3(6)1-2-4(7)8/h1-3,5-6,8-15,28H,4,7,16-22H2;1-2H2,(H,5,6)(H,7,8). The molecule has 220 valence electrons. The van der Waals surface area contributed by atoms with Crippen molar-refractivity contribution in [3.63, 3.8) is 0 Å². The number of hydrogen-bond donors (Lipinski definition) is 2. The number of hydrogen-bond acceptors (Lipinski definition) is 5. The molecule has 0 spiro atoms. The fraction of sp³-hybridized carbons (Fsp3) is 0.375. The lowest BCUT2D eigenvalue weighted by molar-refractivity contribution is -0.143. The number of nitrogens with zero attached hydrogens (tertiary/aromatic N) is 2. The summed E-state index contributed by atoms with van der Waals surface area (Å²) in [6.07, 6.45) is 1.38. The van der Waals surface area contributed by atoms with Gasteiger partial charge >= 0.3 is 11.9 Å². The molecule has 0 radical (unpaired) electrons. The molecule has 1 saturated heterocycles. The van der Waals surface area contributed by atoms with Crippen LogP contribution in [-0.4, -0.2) is 77.8 Å². The van der Waals surface area contributed by atoms with Crippen LogP contribution in [0.3, 0.4) is 0 Å². The summed E-state index contributed by atoms with van der Waals surface area (Å²) in [5.41, 5.74) is 3.14. The Kier molecular flexibility index (Phi) is 13.4. The van der Waals surface area contributed by atoms with Crippen LogP contribution in [-0.2, 0) is 20.7 Å². The van der Waals surface area contributed by atoms with Gasteiger partial charge in [-0.15, -0.1) is 0 Å². The van der Waals surface area contributed by atoms with Crippen LogP contribution in [0.15, 0.2) is 78.9 Å². The van der Waals surface area contributed by atoms with Crippen LogP contribution in [0.5, 0.6) is 0 Å². The van der Waals surface area contributed by atoms with Crippen molar-refractivity contribution in [2.24, 2.45) is 0 Å². The van der Waals surface area contributed by atoms with Crippen molar-refractivity contribution >= 4 is 11.9 Å². The van der Waals surface area contributed by atoms with Gasteiger partial charge < -0.3 is 19.8 Å². The van der Waals surface area contributed by atoms with Gasteiger partial charge in [0.2, 0.25) is 0 Å². The molecule has 1 heterocycles. The molecule has 4 rings (SSSR count). The summed E-state index contributed by atoms with van der Waals surface area (Å²) in [5, 5.41) is 15.8. The summed E-state index contributed by atoms with van der Waals surface area (Å²) in [7, 11) is 0. The number of benzene rings is 3. The number of carbonyl (C=O) groups is 2. The Morgan fingerprint density at radius 2 is 1.17 bits per heavy atom. The summed E-state index contributed by atoms with van der Waals surface area (Å²) in [4.78, 5) is 24.3. The maximum absolute atomic E-state index is 13.4. The van der Waals surface area contributed by atoms with Crippen LogP contribution in [0.25, 0.3) is 0 Å². The second kappa shape index (κ2) is 17.2. The molecular formula is C32H38F2N2O5. The van der Waals surface area contributed by atoms with E-state index in [2.05, 4.69) is 40.1 Å². The first-order valence-electron chi connectivity index (χ1n) is 13.8. The van der Waals surface area contributed by atoms with Gasteiger partial charge in [-0.25, -0.2) is 8.78 Å². The zero-order valence-corrected chi connectivity index (χ0v) is 23.1. The number of halogens is 2. The van der Waals surface area contributed by atoms with Gasteiger partial charge in [0.15, 0.2) is 0 Å². The summed E-state index contributed by atoms with van der Waals surface area (Å²) < 4.78 is 33.0. The number of aryl methyl sites for hydroxylation is 1. The van der Waals surface area contributed by atoms with E-state index in [9.17, 15) is 18.4 Å². The Hall–Kier alpha value is -3.66. The molecule has 3 aromatic carbocycles. The van der Waals surface area contributed by atoms with Gasteiger partial charge in [0, 0.05) is 32.7 Å². The molecule has 0 amide bonds. The van der Waals surface area contributed by atoms with Crippen molar-refractivity contribution < 1.29 is 33.3 Å². The van der Waals surface area contributed by atoms with Gasteiger partial charge in [-0.3, -0.25) is 14.5 Å². The van der Waals surface area contributed by atoms with Gasteiger partial charge in [0.1, 0.15) is 17.7 Å². The first-order chi connectivity index (χ1) is 19.8. The predicted octanol–water partition coefficient (Wildman–Crippen LogP) is 5.26. The SMILES string of the molecule is Fc1ccc(C(OCCN2CCN(CCCc3ccccc3)CC2)c2ccc(F)cc2)cc1.O=C(O)CCC(=O)O. The maximum Gasteiger partial charge on any atom is 0.303 e. The highest BCUT2D eigenvalue weighted by molar-refractivity contribution is 5.75. The quantitative estimate of drug-likeness (QED) is 0.291. The van der Waals surface area contributed by atoms with E-state index in [4.69, 9.17) is 14.9 Å². The van der Waals surface area contributed by atoms with Crippen molar-refractivity contribution in [1.82, 2.24) is 9.80 Å². The van der Waals surface area contributed by atoms with Crippen LogP contribution >= 0.6 is 0 Å². The Bertz CT molecular complexity index is 1130. The minimum Gasteiger partial charge on any atom is -0.481 e. The molecule has 1 aliphatic heterocycles. The van der Waals surface area contributed by atoms with E-state index in [-0.39, 0.29) is 30.6 Å². The fourth-order valence-corrected chi connectivity index (χ4v) is 4.56. The third kappa shape index (κ3) is 12.2. The summed E-state index contributed by atoms with van der Waals surface area (Å²) in [6.45, 7) is 6.77. The lowest BCUT2D eigenvalue weighted by atomic mass is 10.0. The second-order valence-corrected chi connectivity index (χ2v) is 9.91. The first kappa shape index (κ1) is 31.9. The summed E-state index contributed by atoms with van der Waals surface area (Å²) in [6, 6.07) is 23.3. The minimum atomic E-state index is -1.08. The number of piperazine rings is 1. The Morgan fingerprint density at radius 1 is 0.707 bits per heavy atom. The van der Waals surface area contributed by atoms with Gasteiger partial charge in [-0.05, 0) is 60.3 Å². The minimum absolute atomic E-state index is 0.279. The van der Waals surface area contributed by atoms with Crippen LogP contribution in [0.2, 0.25) is 0 Å². The Balaban J connectivity index is 0.000000507. The summed E-state index contributed by atoms with van der Waals surface area (Å²) >= 11 is 0. The molecule has 1 aliphatic rings. The molecule has 41 heavy (non-hydrogen) atoms. The molecule has 3 aromatic rings. The predicted molar refractivity (Wildman–Crippen MR) is 153 cm³/mol. The van der Waals surface area contributed by atoms with Crippen LogP contribution in [0, 0.1) is 11.6 Å². The van der Waals surface area contributed by atoms with E-state index >= 15 is 0 Å². The van der Waals surface area contributed by atoms with E-state index in [1.807, 2.05) is 0 Å². The second-order valence-electron chi connectivity index (χ2n) is 9.91. The number of carboxylic acid groups (broad SMARTS) is 2. The molecule has 7 nitrogen and oxygen atoms in total. The highest BCUT2D eigenvalue weighted by Gasteiger charge is 2.19. The molecule has 0 saturated carbocycles. The number of aliphatic carboxylic acids is 2. The van der Waals surface area contributed by atoms with E-state index in [0.29, 0.717) is 6.61 Å². The smallest absolute Gasteiger partial charge is 0.303 e. The maximum atomic E-state index is 13.4. The van der Waals surface area contributed by atoms with E-state index < -0.39 is 11.9 Å². The van der Waals surface area contributed by atoms with E-state index in [1.54, 1.807) is 24.3 Å². The van der Waals surface area contributed by atoms with Crippen LogP contribution in [0.4, 0.5) is 8.78 Å². The lowest BCUT2D eigenvalue weighted by Crippen LogP contribution is -2.47. The molecule has 0 aromatic heterocycles. The zero-order valence-electron chi connectivity index (χ0n) is 23.1. The topological polar surface area (TPSA) is 90.3 Å². The van der Waals surface area contributed by atoms with Crippen molar-refractivity contribution in [2.45, 2.75) is 31.8 Å². The zero-order chi connectivity index (χ0) is 29.5. The monoisotopic (exact) mass is 568 g/mol. The Labute approximate surface area is 240 Å².